The molecule has 1 N–H and O–H groups in total. The molecule has 1 heterocycles. The average molecular weight is 244 g/mol. The van der Waals surface area contributed by atoms with Gasteiger partial charge in [-0.05, 0) is 50.8 Å². The Labute approximate surface area is 108 Å². The maximum atomic E-state index is 5.51. The average Bonchev–Trinajstić information content (AvgIpc) is 2.74. The van der Waals surface area contributed by atoms with Crippen LogP contribution in [0.3, 0.4) is 0 Å². The molecule has 0 radical (unpaired) electrons. The van der Waals surface area contributed by atoms with Gasteiger partial charge >= 0.3 is 0 Å². The first-order valence-electron chi connectivity index (χ1n) is 6.16. The van der Waals surface area contributed by atoms with Gasteiger partial charge in [0, 0.05) is 12.2 Å². The van der Waals surface area contributed by atoms with E-state index in [-0.39, 0.29) is 0 Å². The summed E-state index contributed by atoms with van der Waals surface area (Å²) in [6.07, 6.45) is 0. The van der Waals surface area contributed by atoms with Crippen LogP contribution in [0, 0.1) is 6.92 Å². The van der Waals surface area contributed by atoms with E-state index in [2.05, 4.69) is 48.6 Å². The van der Waals surface area contributed by atoms with Gasteiger partial charge in [-0.15, -0.1) is 0 Å². The van der Waals surface area contributed by atoms with Crippen molar-refractivity contribution in [2.45, 2.75) is 20.0 Å². The summed E-state index contributed by atoms with van der Waals surface area (Å²) in [4.78, 5) is 2.16. The molecule has 0 saturated heterocycles. The summed E-state index contributed by atoms with van der Waals surface area (Å²) in [5.74, 6) is 1.91. The molecule has 3 nitrogen and oxygen atoms in total. The molecule has 0 bridgehead atoms. The number of rotatable bonds is 5. The number of hydrogen-bond donors (Lipinski definition) is 1. The van der Waals surface area contributed by atoms with Crippen LogP contribution in [0.1, 0.15) is 17.1 Å². The summed E-state index contributed by atoms with van der Waals surface area (Å²) in [6, 6.07) is 12.5. The van der Waals surface area contributed by atoms with Gasteiger partial charge in [0.1, 0.15) is 11.5 Å². The fourth-order valence-corrected chi connectivity index (χ4v) is 1.86. The number of aryl methyl sites for hydroxylation is 1. The van der Waals surface area contributed by atoms with Gasteiger partial charge in [0.05, 0.1) is 6.54 Å². The Bertz CT molecular complexity index is 485. The quantitative estimate of drug-likeness (QED) is 0.875. The number of anilines is 1. The molecule has 0 spiro atoms. The molecule has 2 aromatic rings. The molecule has 1 aromatic carbocycles. The largest absolute Gasteiger partial charge is 0.465 e. The normalized spacial score (nSPS) is 10.9. The highest BCUT2D eigenvalue weighted by Crippen LogP contribution is 2.13. The number of benzene rings is 1. The molecule has 1 aromatic heterocycles. The predicted octanol–water partition coefficient (Wildman–Crippen LogP) is 3.26. The molecular weight excluding hydrogens is 224 g/mol. The first-order valence-corrected chi connectivity index (χ1v) is 6.16. The number of nitrogens with one attached hydrogen (secondary N) is 1. The van der Waals surface area contributed by atoms with Crippen molar-refractivity contribution < 1.29 is 4.42 Å². The van der Waals surface area contributed by atoms with Crippen molar-refractivity contribution in [2.75, 3.05) is 19.4 Å². The summed E-state index contributed by atoms with van der Waals surface area (Å²) < 4.78 is 5.51. The molecule has 0 unspecified atom stereocenters. The van der Waals surface area contributed by atoms with Crippen LogP contribution in [-0.4, -0.2) is 19.0 Å². The van der Waals surface area contributed by atoms with Crippen LogP contribution >= 0.6 is 0 Å². The molecule has 2 rings (SSSR count). The van der Waals surface area contributed by atoms with Gasteiger partial charge < -0.3 is 14.6 Å². The standard InChI is InChI=1S/C15H20N2O/c1-12-4-9-15(18-12)10-16-14-7-5-13(6-8-14)11-17(2)3/h4-9,16H,10-11H2,1-3H3. The van der Waals surface area contributed by atoms with Crippen molar-refractivity contribution >= 4 is 5.69 Å². The van der Waals surface area contributed by atoms with Crippen LogP contribution in [0.15, 0.2) is 40.8 Å². The van der Waals surface area contributed by atoms with Crippen LogP contribution in [-0.2, 0) is 13.1 Å². The molecule has 0 amide bonds. The second kappa shape index (κ2) is 5.74. The summed E-state index contributed by atoms with van der Waals surface area (Å²) in [6.45, 7) is 3.65. The van der Waals surface area contributed by atoms with E-state index < -0.39 is 0 Å². The van der Waals surface area contributed by atoms with Crippen molar-refractivity contribution in [1.29, 1.82) is 0 Å². The lowest BCUT2D eigenvalue weighted by molar-refractivity contribution is 0.402. The Kier molecular flexibility index (Phi) is 4.05. The summed E-state index contributed by atoms with van der Waals surface area (Å²) in [7, 11) is 4.15. The van der Waals surface area contributed by atoms with E-state index in [1.165, 1.54) is 5.56 Å². The first kappa shape index (κ1) is 12.7. The van der Waals surface area contributed by atoms with E-state index in [0.717, 1.165) is 30.3 Å². The molecule has 0 aliphatic heterocycles. The Hall–Kier alpha value is -1.74. The molecular formula is C15H20N2O. The van der Waals surface area contributed by atoms with Crippen molar-refractivity contribution in [1.82, 2.24) is 4.90 Å². The predicted molar refractivity (Wildman–Crippen MR) is 74.6 cm³/mol. The minimum atomic E-state index is 0.723. The van der Waals surface area contributed by atoms with Gasteiger partial charge in [0.2, 0.25) is 0 Å². The minimum absolute atomic E-state index is 0.723. The Morgan fingerprint density at radius 1 is 1.06 bits per heavy atom. The molecule has 0 fully saturated rings. The second-order valence-electron chi connectivity index (χ2n) is 4.80. The molecule has 96 valence electrons. The van der Waals surface area contributed by atoms with Gasteiger partial charge in [0.25, 0.3) is 0 Å². The summed E-state index contributed by atoms with van der Waals surface area (Å²) in [5, 5.41) is 3.35. The summed E-state index contributed by atoms with van der Waals surface area (Å²) in [5.41, 5.74) is 2.44. The number of nitrogens with zero attached hydrogens (tertiary/aromatic N) is 1. The smallest absolute Gasteiger partial charge is 0.123 e. The van der Waals surface area contributed by atoms with Crippen LogP contribution < -0.4 is 5.32 Å². The van der Waals surface area contributed by atoms with E-state index in [0.29, 0.717) is 0 Å². The molecule has 3 heteroatoms. The monoisotopic (exact) mass is 244 g/mol. The molecule has 18 heavy (non-hydrogen) atoms. The van der Waals surface area contributed by atoms with Crippen LogP contribution in [0.25, 0.3) is 0 Å². The van der Waals surface area contributed by atoms with E-state index in [4.69, 9.17) is 4.42 Å². The Balaban J connectivity index is 1.90. The van der Waals surface area contributed by atoms with Crippen molar-refractivity contribution in [3.63, 3.8) is 0 Å². The Morgan fingerprint density at radius 2 is 1.78 bits per heavy atom. The van der Waals surface area contributed by atoms with Crippen LogP contribution in [0.5, 0.6) is 0 Å². The molecule has 0 saturated carbocycles. The van der Waals surface area contributed by atoms with E-state index >= 15 is 0 Å². The third-order valence-corrected chi connectivity index (χ3v) is 2.72. The maximum absolute atomic E-state index is 5.51. The minimum Gasteiger partial charge on any atom is -0.465 e. The van der Waals surface area contributed by atoms with E-state index in [1.54, 1.807) is 0 Å². The summed E-state index contributed by atoms with van der Waals surface area (Å²) >= 11 is 0. The fourth-order valence-electron chi connectivity index (χ4n) is 1.86. The van der Waals surface area contributed by atoms with E-state index in [9.17, 15) is 0 Å². The number of hydrogen-bond acceptors (Lipinski definition) is 3. The highest BCUT2D eigenvalue weighted by atomic mass is 16.3. The first-order chi connectivity index (χ1) is 8.63. The van der Waals surface area contributed by atoms with Gasteiger partial charge in [0.15, 0.2) is 0 Å². The molecule has 0 aliphatic carbocycles. The lowest BCUT2D eigenvalue weighted by Gasteiger charge is -2.10. The SMILES string of the molecule is Cc1ccc(CNc2ccc(CN(C)C)cc2)o1. The van der Waals surface area contributed by atoms with Gasteiger partial charge in [-0.1, -0.05) is 12.1 Å². The lowest BCUT2D eigenvalue weighted by atomic mass is 10.2. The second-order valence-corrected chi connectivity index (χ2v) is 4.80. The Morgan fingerprint density at radius 3 is 2.33 bits per heavy atom. The van der Waals surface area contributed by atoms with Crippen LogP contribution in [0.4, 0.5) is 5.69 Å². The molecule has 0 atom stereocenters. The van der Waals surface area contributed by atoms with Gasteiger partial charge in [-0.3, -0.25) is 0 Å². The third-order valence-electron chi connectivity index (χ3n) is 2.72. The highest BCUT2D eigenvalue weighted by molar-refractivity contribution is 5.44. The fraction of sp³-hybridized carbons (Fsp3) is 0.333. The third kappa shape index (κ3) is 3.64. The van der Waals surface area contributed by atoms with Crippen molar-refractivity contribution in [3.05, 3.63) is 53.5 Å². The van der Waals surface area contributed by atoms with Gasteiger partial charge in [-0.25, -0.2) is 0 Å². The van der Waals surface area contributed by atoms with Crippen LogP contribution in [0.2, 0.25) is 0 Å². The highest BCUT2D eigenvalue weighted by Gasteiger charge is 1.99. The van der Waals surface area contributed by atoms with Crippen molar-refractivity contribution in [3.8, 4) is 0 Å². The van der Waals surface area contributed by atoms with Gasteiger partial charge in [-0.2, -0.15) is 0 Å². The maximum Gasteiger partial charge on any atom is 0.123 e. The topological polar surface area (TPSA) is 28.4 Å². The zero-order valence-electron chi connectivity index (χ0n) is 11.2. The zero-order chi connectivity index (χ0) is 13.0. The molecule has 0 aliphatic rings. The zero-order valence-corrected chi connectivity index (χ0v) is 11.2. The van der Waals surface area contributed by atoms with Crippen molar-refractivity contribution in [2.24, 2.45) is 0 Å². The van der Waals surface area contributed by atoms with E-state index in [1.807, 2.05) is 19.1 Å². The number of furan rings is 1. The lowest BCUT2D eigenvalue weighted by Crippen LogP contribution is -2.10.